The van der Waals surface area contributed by atoms with E-state index in [1.807, 2.05) is 30.3 Å². The quantitative estimate of drug-likeness (QED) is 0.790. The summed E-state index contributed by atoms with van der Waals surface area (Å²) in [5.74, 6) is 0. The highest BCUT2D eigenvalue weighted by molar-refractivity contribution is 7.99. The molecule has 1 aliphatic carbocycles. The van der Waals surface area contributed by atoms with Gasteiger partial charge in [0.25, 0.3) is 0 Å². The van der Waals surface area contributed by atoms with E-state index >= 15 is 0 Å². The number of hydrogen-bond donors (Lipinski definition) is 1. The molecule has 4 heteroatoms. The molecule has 0 atom stereocenters. The van der Waals surface area contributed by atoms with Crippen LogP contribution in [0.5, 0.6) is 0 Å². The van der Waals surface area contributed by atoms with Gasteiger partial charge in [-0.2, -0.15) is 0 Å². The summed E-state index contributed by atoms with van der Waals surface area (Å²) in [6.07, 6.45) is 2.58. The van der Waals surface area contributed by atoms with Crippen LogP contribution < -0.4 is 5.32 Å². The molecule has 1 aliphatic rings. The molecule has 0 radical (unpaired) electrons. The van der Waals surface area contributed by atoms with E-state index in [0.29, 0.717) is 6.04 Å². The van der Waals surface area contributed by atoms with Gasteiger partial charge < -0.3 is 5.32 Å². The van der Waals surface area contributed by atoms with E-state index in [-0.39, 0.29) is 0 Å². The average Bonchev–Trinajstić information content (AvgIpc) is 3.23. The Balaban J connectivity index is 1.79. The molecule has 1 saturated carbocycles. The normalized spacial score (nSPS) is 14.5. The van der Waals surface area contributed by atoms with Crippen molar-refractivity contribution in [2.45, 2.75) is 35.2 Å². The molecule has 3 rings (SSSR count). The van der Waals surface area contributed by atoms with Gasteiger partial charge in [-0.1, -0.05) is 41.0 Å². The van der Waals surface area contributed by atoms with E-state index in [2.05, 4.69) is 17.4 Å². The predicted molar refractivity (Wildman–Crippen MR) is 86.9 cm³/mol. The van der Waals surface area contributed by atoms with Crippen molar-refractivity contribution in [2.24, 2.45) is 0 Å². The summed E-state index contributed by atoms with van der Waals surface area (Å²) < 4.78 is 0. The third-order valence-corrected chi connectivity index (χ3v) is 4.78. The van der Waals surface area contributed by atoms with E-state index in [0.717, 1.165) is 21.5 Å². The van der Waals surface area contributed by atoms with Crippen LogP contribution in [0.3, 0.4) is 0 Å². The van der Waals surface area contributed by atoms with Gasteiger partial charge in [0, 0.05) is 32.4 Å². The van der Waals surface area contributed by atoms with E-state index in [1.165, 1.54) is 23.3 Å². The highest BCUT2D eigenvalue weighted by Gasteiger charge is 2.20. The highest BCUT2D eigenvalue weighted by Crippen LogP contribution is 2.33. The molecule has 0 amide bonds. The van der Waals surface area contributed by atoms with Crippen molar-refractivity contribution in [1.29, 1.82) is 0 Å². The Labute approximate surface area is 133 Å². The van der Waals surface area contributed by atoms with Crippen LogP contribution in [-0.4, -0.2) is 6.04 Å². The fourth-order valence-corrected chi connectivity index (χ4v) is 3.42. The predicted octanol–water partition coefficient (Wildman–Crippen LogP) is 5.40. The molecule has 2 aromatic carbocycles. The minimum Gasteiger partial charge on any atom is -0.310 e. The Bertz CT molecular complexity index is 611. The standard InChI is InChI=1S/C16H15Cl2NS/c17-12-2-1-3-15(9-12)20-16-7-4-13(18)8-11(16)10-19-14-5-6-14/h1-4,7-9,14,19H,5-6,10H2. The zero-order chi connectivity index (χ0) is 13.9. The molecule has 0 unspecified atom stereocenters. The minimum absolute atomic E-state index is 0.693. The Morgan fingerprint density at radius 1 is 1.05 bits per heavy atom. The van der Waals surface area contributed by atoms with Gasteiger partial charge in [0.1, 0.15) is 0 Å². The monoisotopic (exact) mass is 323 g/mol. The van der Waals surface area contributed by atoms with Gasteiger partial charge in [-0.05, 0) is 54.8 Å². The van der Waals surface area contributed by atoms with Crippen LogP contribution in [0, 0.1) is 0 Å². The number of nitrogens with one attached hydrogen (secondary N) is 1. The highest BCUT2D eigenvalue weighted by atomic mass is 35.5. The molecule has 1 fully saturated rings. The maximum Gasteiger partial charge on any atom is 0.0417 e. The zero-order valence-electron chi connectivity index (χ0n) is 10.9. The first-order chi connectivity index (χ1) is 9.70. The molecule has 0 aromatic heterocycles. The molecule has 104 valence electrons. The maximum atomic E-state index is 6.12. The summed E-state index contributed by atoms with van der Waals surface area (Å²) in [7, 11) is 0. The van der Waals surface area contributed by atoms with Crippen molar-refractivity contribution >= 4 is 35.0 Å². The fraction of sp³-hybridized carbons (Fsp3) is 0.250. The number of halogens is 2. The topological polar surface area (TPSA) is 12.0 Å². The Kier molecular flexibility index (Phi) is 4.57. The lowest BCUT2D eigenvalue weighted by Crippen LogP contribution is -2.15. The van der Waals surface area contributed by atoms with E-state index in [4.69, 9.17) is 23.2 Å². The number of benzene rings is 2. The van der Waals surface area contributed by atoms with E-state index < -0.39 is 0 Å². The molecular formula is C16H15Cl2NS. The lowest BCUT2D eigenvalue weighted by atomic mass is 10.2. The number of hydrogen-bond acceptors (Lipinski definition) is 2. The van der Waals surface area contributed by atoms with Crippen molar-refractivity contribution in [1.82, 2.24) is 5.32 Å². The van der Waals surface area contributed by atoms with Crippen LogP contribution >= 0.6 is 35.0 Å². The first-order valence-electron chi connectivity index (χ1n) is 6.66. The van der Waals surface area contributed by atoms with Gasteiger partial charge in [-0.3, -0.25) is 0 Å². The van der Waals surface area contributed by atoms with Gasteiger partial charge in [0.2, 0.25) is 0 Å². The Hall–Kier alpha value is -0.670. The molecule has 1 N–H and O–H groups in total. The minimum atomic E-state index is 0.693. The fourth-order valence-electron chi connectivity index (χ4n) is 1.98. The average molecular weight is 324 g/mol. The Morgan fingerprint density at radius 3 is 2.60 bits per heavy atom. The van der Waals surface area contributed by atoms with Gasteiger partial charge in [0.15, 0.2) is 0 Å². The van der Waals surface area contributed by atoms with E-state index in [1.54, 1.807) is 11.8 Å². The molecule has 0 heterocycles. The summed E-state index contributed by atoms with van der Waals surface area (Å²) in [5, 5.41) is 5.09. The molecule has 20 heavy (non-hydrogen) atoms. The lowest BCUT2D eigenvalue weighted by molar-refractivity contribution is 0.680. The second kappa shape index (κ2) is 6.40. The summed E-state index contributed by atoms with van der Waals surface area (Å²) in [6.45, 7) is 0.869. The van der Waals surface area contributed by atoms with Crippen molar-refractivity contribution in [2.75, 3.05) is 0 Å². The van der Waals surface area contributed by atoms with Crippen LogP contribution in [0.15, 0.2) is 52.3 Å². The molecule has 0 spiro atoms. The summed E-state index contributed by atoms with van der Waals surface area (Å²) in [4.78, 5) is 2.37. The molecule has 1 nitrogen and oxygen atoms in total. The third kappa shape index (κ3) is 3.92. The van der Waals surface area contributed by atoms with Crippen molar-refractivity contribution < 1.29 is 0 Å². The summed E-state index contributed by atoms with van der Waals surface area (Å²) in [5.41, 5.74) is 1.24. The van der Waals surface area contributed by atoms with Crippen molar-refractivity contribution in [3.05, 3.63) is 58.1 Å². The SMILES string of the molecule is Clc1cccc(Sc2ccc(Cl)cc2CNC2CC2)c1. The van der Waals surface area contributed by atoms with Gasteiger partial charge >= 0.3 is 0 Å². The number of rotatable bonds is 5. The van der Waals surface area contributed by atoms with Crippen LogP contribution in [0.1, 0.15) is 18.4 Å². The molecule has 0 aliphatic heterocycles. The van der Waals surface area contributed by atoms with Crippen molar-refractivity contribution in [3.8, 4) is 0 Å². The molecule has 0 saturated heterocycles. The molecule has 0 bridgehead atoms. The second-order valence-electron chi connectivity index (χ2n) is 4.97. The molecular weight excluding hydrogens is 309 g/mol. The smallest absolute Gasteiger partial charge is 0.0417 e. The van der Waals surface area contributed by atoms with Crippen LogP contribution in [0.4, 0.5) is 0 Å². The summed E-state index contributed by atoms with van der Waals surface area (Å²) >= 11 is 13.9. The summed E-state index contributed by atoms with van der Waals surface area (Å²) in [6, 6.07) is 14.7. The van der Waals surface area contributed by atoms with E-state index in [9.17, 15) is 0 Å². The first kappa shape index (κ1) is 14.3. The van der Waals surface area contributed by atoms with Crippen LogP contribution in [0.25, 0.3) is 0 Å². The molecule has 2 aromatic rings. The van der Waals surface area contributed by atoms with Crippen LogP contribution in [-0.2, 0) is 6.54 Å². The van der Waals surface area contributed by atoms with Gasteiger partial charge in [-0.25, -0.2) is 0 Å². The Morgan fingerprint density at radius 2 is 1.85 bits per heavy atom. The van der Waals surface area contributed by atoms with Gasteiger partial charge in [-0.15, -0.1) is 0 Å². The second-order valence-corrected chi connectivity index (χ2v) is 6.95. The third-order valence-electron chi connectivity index (χ3n) is 3.20. The lowest BCUT2D eigenvalue weighted by Gasteiger charge is -2.11. The first-order valence-corrected chi connectivity index (χ1v) is 8.23. The van der Waals surface area contributed by atoms with Gasteiger partial charge in [0.05, 0.1) is 0 Å². The maximum absolute atomic E-state index is 6.12. The van der Waals surface area contributed by atoms with Crippen LogP contribution in [0.2, 0.25) is 10.0 Å². The zero-order valence-corrected chi connectivity index (χ0v) is 13.2. The largest absolute Gasteiger partial charge is 0.310 e. The van der Waals surface area contributed by atoms with Crippen molar-refractivity contribution in [3.63, 3.8) is 0 Å².